The number of halogens is 3. The van der Waals surface area contributed by atoms with Crippen LogP contribution in [0.25, 0.3) is 11.1 Å². The number of nitrogens with zero attached hydrogens (tertiary/aromatic N) is 3. The van der Waals surface area contributed by atoms with Crippen molar-refractivity contribution in [2.45, 2.75) is 13.1 Å². The molecule has 6 nitrogen and oxygen atoms in total. The monoisotopic (exact) mass is 466 g/mol. The molecule has 2 aromatic carbocycles. The van der Waals surface area contributed by atoms with Gasteiger partial charge in [0.2, 0.25) is 0 Å². The van der Waals surface area contributed by atoms with Crippen LogP contribution in [0.4, 0.5) is 24.7 Å². The van der Waals surface area contributed by atoms with Crippen molar-refractivity contribution in [2.75, 3.05) is 36.5 Å². The molecule has 0 unspecified atom stereocenters. The molecule has 1 aliphatic heterocycles. The summed E-state index contributed by atoms with van der Waals surface area (Å²) in [6.07, 6.45) is -2.86. The largest absolute Gasteiger partial charge is 0.416 e. The Bertz CT molecular complexity index is 1260. The molecule has 1 saturated heterocycles. The van der Waals surface area contributed by atoms with Gasteiger partial charge in [0.15, 0.2) is 0 Å². The van der Waals surface area contributed by atoms with Crippen LogP contribution >= 0.6 is 0 Å². The number of carbonyl (C=O) groups excluding carboxylic acids is 1. The number of aromatic nitrogens is 1. The standard InChI is InChI=1S/C25H21F3N4O2/c1-16-5-6-21(31-24(33)17-3-2-4-20(12-17)25(26,27)28)13-22(16)19-11-18(14-29)23(30-15-19)32-7-9-34-10-8-32/h2-6,11-13,15H,7-10H2,1H3,(H,31,33). The van der Waals surface area contributed by atoms with Crippen molar-refractivity contribution in [3.8, 4) is 17.2 Å². The fourth-order valence-electron chi connectivity index (χ4n) is 3.77. The van der Waals surface area contributed by atoms with E-state index in [1.165, 1.54) is 12.1 Å². The van der Waals surface area contributed by atoms with Gasteiger partial charge in [-0.3, -0.25) is 4.79 Å². The molecule has 0 spiro atoms. The first kappa shape index (κ1) is 23.3. The van der Waals surface area contributed by atoms with Crippen LogP contribution in [-0.2, 0) is 10.9 Å². The van der Waals surface area contributed by atoms with Gasteiger partial charge in [-0.25, -0.2) is 4.98 Å². The molecule has 2 heterocycles. The Labute approximate surface area is 194 Å². The number of anilines is 2. The van der Waals surface area contributed by atoms with E-state index >= 15 is 0 Å². The SMILES string of the molecule is Cc1ccc(NC(=O)c2cccc(C(F)(F)F)c2)cc1-c1cnc(N2CCOCC2)c(C#N)c1. The average molecular weight is 466 g/mol. The van der Waals surface area contributed by atoms with E-state index in [0.29, 0.717) is 48.9 Å². The maximum absolute atomic E-state index is 13.0. The lowest BCUT2D eigenvalue weighted by molar-refractivity contribution is -0.137. The van der Waals surface area contributed by atoms with Crippen molar-refractivity contribution in [1.82, 2.24) is 4.98 Å². The topological polar surface area (TPSA) is 78.2 Å². The number of ether oxygens (including phenoxy) is 1. The lowest BCUT2D eigenvalue weighted by Crippen LogP contribution is -2.37. The van der Waals surface area contributed by atoms with E-state index in [2.05, 4.69) is 16.4 Å². The third-order valence-electron chi connectivity index (χ3n) is 5.56. The quantitative estimate of drug-likeness (QED) is 0.583. The van der Waals surface area contributed by atoms with Crippen molar-refractivity contribution < 1.29 is 22.7 Å². The minimum Gasteiger partial charge on any atom is -0.378 e. The smallest absolute Gasteiger partial charge is 0.378 e. The zero-order valence-corrected chi connectivity index (χ0v) is 18.3. The first-order valence-electron chi connectivity index (χ1n) is 10.6. The van der Waals surface area contributed by atoms with Gasteiger partial charge in [0.25, 0.3) is 5.91 Å². The van der Waals surface area contributed by atoms with Crippen LogP contribution < -0.4 is 10.2 Å². The van der Waals surface area contributed by atoms with Crippen molar-refractivity contribution in [3.05, 3.63) is 77.0 Å². The highest BCUT2D eigenvalue weighted by atomic mass is 19.4. The summed E-state index contributed by atoms with van der Waals surface area (Å²) in [7, 11) is 0. The summed E-state index contributed by atoms with van der Waals surface area (Å²) in [5.74, 6) is -0.0550. The van der Waals surface area contributed by atoms with E-state index in [0.717, 1.165) is 23.3 Å². The van der Waals surface area contributed by atoms with E-state index < -0.39 is 17.6 Å². The summed E-state index contributed by atoms with van der Waals surface area (Å²) >= 11 is 0. The second kappa shape index (κ2) is 9.53. The lowest BCUT2D eigenvalue weighted by Gasteiger charge is -2.28. The molecule has 174 valence electrons. The summed E-state index contributed by atoms with van der Waals surface area (Å²) in [6, 6.07) is 13.4. The number of carbonyl (C=O) groups is 1. The maximum Gasteiger partial charge on any atom is 0.416 e. The Morgan fingerprint density at radius 2 is 1.91 bits per heavy atom. The van der Waals surface area contributed by atoms with Crippen LogP contribution in [0.1, 0.15) is 27.0 Å². The maximum atomic E-state index is 13.0. The van der Waals surface area contributed by atoms with Gasteiger partial charge in [-0.2, -0.15) is 18.4 Å². The van der Waals surface area contributed by atoms with Gasteiger partial charge >= 0.3 is 6.18 Å². The number of aryl methyl sites for hydroxylation is 1. The fraction of sp³-hybridized carbons (Fsp3) is 0.240. The van der Waals surface area contributed by atoms with Gasteiger partial charge in [0, 0.05) is 36.1 Å². The van der Waals surface area contributed by atoms with Gasteiger partial charge in [-0.15, -0.1) is 0 Å². The van der Waals surface area contributed by atoms with Crippen molar-refractivity contribution in [2.24, 2.45) is 0 Å². The Balaban J connectivity index is 1.60. The molecule has 1 amide bonds. The highest BCUT2D eigenvalue weighted by molar-refractivity contribution is 6.04. The van der Waals surface area contributed by atoms with E-state index in [4.69, 9.17) is 4.74 Å². The number of nitrogens with one attached hydrogen (secondary N) is 1. The minimum atomic E-state index is -4.54. The number of rotatable bonds is 4. The van der Waals surface area contributed by atoms with Gasteiger partial charge in [-0.1, -0.05) is 12.1 Å². The number of nitriles is 1. The number of morpholine rings is 1. The van der Waals surface area contributed by atoms with Crippen molar-refractivity contribution in [1.29, 1.82) is 5.26 Å². The van der Waals surface area contributed by atoms with Crippen molar-refractivity contribution >= 4 is 17.4 Å². The Morgan fingerprint density at radius 1 is 1.15 bits per heavy atom. The lowest BCUT2D eigenvalue weighted by atomic mass is 9.99. The number of amides is 1. The second-order valence-electron chi connectivity index (χ2n) is 7.87. The summed E-state index contributed by atoms with van der Waals surface area (Å²) in [6.45, 7) is 4.33. The molecule has 34 heavy (non-hydrogen) atoms. The summed E-state index contributed by atoms with van der Waals surface area (Å²) in [4.78, 5) is 19.1. The zero-order chi connectivity index (χ0) is 24.3. The van der Waals surface area contributed by atoms with Gasteiger partial charge in [0.1, 0.15) is 11.9 Å². The van der Waals surface area contributed by atoms with Gasteiger partial charge in [0.05, 0.1) is 24.3 Å². The number of alkyl halides is 3. The first-order valence-corrected chi connectivity index (χ1v) is 10.6. The molecule has 1 fully saturated rings. The van der Waals surface area contributed by atoms with Crippen LogP contribution in [0.2, 0.25) is 0 Å². The van der Waals surface area contributed by atoms with E-state index in [9.17, 15) is 23.2 Å². The van der Waals surface area contributed by atoms with Crippen LogP contribution in [0, 0.1) is 18.3 Å². The minimum absolute atomic E-state index is 0.0970. The molecular formula is C25H21F3N4O2. The van der Waals surface area contributed by atoms with Gasteiger partial charge < -0.3 is 15.0 Å². The average Bonchev–Trinajstić information content (AvgIpc) is 2.85. The molecule has 1 aromatic heterocycles. The molecule has 3 aromatic rings. The Kier molecular flexibility index (Phi) is 6.52. The van der Waals surface area contributed by atoms with Crippen LogP contribution in [0.15, 0.2) is 54.7 Å². The number of benzene rings is 2. The molecule has 4 rings (SSSR count). The molecule has 0 saturated carbocycles. The highest BCUT2D eigenvalue weighted by Crippen LogP contribution is 2.31. The normalized spacial score (nSPS) is 13.9. The third kappa shape index (κ3) is 5.02. The van der Waals surface area contributed by atoms with E-state index in [1.807, 2.05) is 11.8 Å². The Hall–Kier alpha value is -3.90. The number of hydrogen-bond acceptors (Lipinski definition) is 5. The number of hydrogen-bond donors (Lipinski definition) is 1. The second-order valence-corrected chi connectivity index (χ2v) is 7.87. The Morgan fingerprint density at radius 3 is 2.62 bits per heavy atom. The van der Waals surface area contributed by atoms with E-state index in [1.54, 1.807) is 30.5 Å². The first-order chi connectivity index (χ1) is 16.3. The molecule has 9 heteroatoms. The summed E-state index contributed by atoms with van der Waals surface area (Å²) in [5, 5.41) is 12.3. The molecule has 1 aliphatic rings. The molecule has 0 aliphatic carbocycles. The molecule has 1 N–H and O–H groups in total. The van der Waals surface area contributed by atoms with E-state index in [-0.39, 0.29) is 5.56 Å². The number of pyridine rings is 1. The van der Waals surface area contributed by atoms with Gasteiger partial charge in [-0.05, 0) is 54.4 Å². The molecule has 0 bridgehead atoms. The zero-order valence-electron chi connectivity index (χ0n) is 18.3. The highest BCUT2D eigenvalue weighted by Gasteiger charge is 2.31. The predicted molar refractivity (Wildman–Crippen MR) is 122 cm³/mol. The van der Waals surface area contributed by atoms with Crippen LogP contribution in [-0.4, -0.2) is 37.2 Å². The van der Waals surface area contributed by atoms with Crippen LogP contribution in [0.5, 0.6) is 0 Å². The fourth-order valence-corrected chi connectivity index (χ4v) is 3.77. The molecular weight excluding hydrogens is 445 g/mol. The third-order valence-corrected chi connectivity index (χ3v) is 5.56. The molecule has 0 radical (unpaired) electrons. The van der Waals surface area contributed by atoms with Crippen molar-refractivity contribution in [3.63, 3.8) is 0 Å². The molecule has 0 atom stereocenters. The summed E-state index contributed by atoms with van der Waals surface area (Å²) < 4.78 is 44.3. The summed E-state index contributed by atoms with van der Waals surface area (Å²) in [5.41, 5.74) is 2.19. The predicted octanol–water partition coefficient (Wildman–Crippen LogP) is 5.04. The van der Waals surface area contributed by atoms with Crippen LogP contribution in [0.3, 0.4) is 0 Å².